The predicted molar refractivity (Wildman–Crippen MR) is 72.6 cm³/mol. The smallest absolute Gasteiger partial charge is 0.264 e. The molecule has 0 radical (unpaired) electrons. The van der Waals surface area contributed by atoms with E-state index in [4.69, 9.17) is 0 Å². The van der Waals surface area contributed by atoms with E-state index in [0.717, 1.165) is 0 Å². The van der Waals surface area contributed by atoms with Gasteiger partial charge >= 0.3 is 0 Å². The summed E-state index contributed by atoms with van der Waals surface area (Å²) in [6.45, 7) is 0. The van der Waals surface area contributed by atoms with Gasteiger partial charge < -0.3 is 15.1 Å². The van der Waals surface area contributed by atoms with Crippen LogP contribution in [-0.2, 0) is 4.57 Å². The summed E-state index contributed by atoms with van der Waals surface area (Å²) in [4.78, 5) is 10.0. The fraction of sp³-hybridized carbons (Fsp3) is 0.143. The van der Waals surface area contributed by atoms with Crippen LogP contribution in [0.3, 0.4) is 0 Å². The first-order valence-electron chi connectivity index (χ1n) is 5.81. The van der Waals surface area contributed by atoms with Gasteiger partial charge in [-0.25, -0.2) is 0 Å². The Bertz CT molecular complexity index is 521. The molecule has 2 unspecified atom stereocenters. The molecule has 0 aliphatic carbocycles. The molecule has 0 spiro atoms. The highest BCUT2D eigenvalue weighted by atomic mass is 31.2. The van der Waals surface area contributed by atoms with Crippen molar-refractivity contribution in [3.63, 3.8) is 0 Å². The Hall–Kier alpha value is -1.45. The van der Waals surface area contributed by atoms with Gasteiger partial charge in [0.25, 0.3) is 7.37 Å². The van der Waals surface area contributed by atoms with Gasteiger partial charge in [-0.2, -0.15) is 0 Å². The van der Waals surface area contributed by atoms with Crippen LogP contribution >= 0.6 is 7.37 Å². The largest absolute Gasteiger partial charge is 0.378 e. The van der Waals surface area contributed by atoms with E-state index in [-0.39, 0.29) is 0 Å². The topological polar surface area (TPSA) is 77.8 Å². The third-order valence-corrected chi connectivity index (χ3v) is 4.89. The average Bonchev–Trinajstić information content (AvgIpc) is 2.47. The van der Waals surface area contributed by atoms with Crippen molar-refractivity contribution in [2.45, 2.75) is 11.7 Å². The molecule has 2 aromatic rings. The van der Waals surface area contributed by atoms with E-state index in [0.29, 0.717) is 11.1 Å². The Kier molecular flexibility index (Phi) is 4.17. The maximum Gasteiger partial charge on any atom is 0.264 e. The van der Waals surface area contributed by atoms with Gasteiger partial charge in [-0.15, -0.1) is 0 Å². The molecule has 100 valence electrons. The van der Waals surface area contributed by atoms with Crippen molar-refractivity contribution < 1.29 is 19.7 Å². The Balaban J connectivity index is 2.30. The van der Waals surface area contributed by atoms with Crippen molar-refractivity contribution in [2.24, 2.45) is 0 Å². The summed E-state index contributed by atoms with van der Waals surface area (Å²) >= 11 is 0. The quantitative estimate of drug-likeness (QED) is 0.751. The van der Waals surface area contributed by atoms with Gasteiger partial charge in [0.05, 0.1) is 0 Å². The van der Waals surface area contributed by atoms with Crippen LogP contribution in [0.5, 0.6) is 0 Å². The first-order chi connectivity index (χ1) is 9.03. The van der Waals surface area contributed by atoms with Crippen LogP contribution in [-0.4, -0.2) is 15.1 Å². The van der Waals surface area contributed by atoms with Crippen LogP contribution in [0.25, 0.3) is 0 Å². The highest BCUT2D eigenvalue weighted by Crippen LogP contribution is 2.63. The van der Waals surface area contributed by atoms with Crippen molar-refractivity contribution in [1.82, 2.24) is 0 Å². The third kappa shape index (κ3) is 2.94. The van der Waals surface area contributed by atoms with Crippen LogP contribution in [0.4, 0.5) is 0 Å². The molecule has 3 N–H and O–H groups in total. The molecule has 2 rings (SSSR count). The predicted octanol–water partition coefficient (Wildman–Crippen LogP) is 2.64. The van der Waals surface area contributed by atoms with Gasteiger partial charge in [0.15, 0.2) is 11.7 Å². The SMILES string of the molecule is O=P(O)(C(O)c1ccccc1)C(O)c1ccccc1. The fourth-order valence-corrected chi connectivity index (χ4v) is 3.28. The second-order valence-corrected chi connectivity index (χ2v) is 6.56. The minimum Gasteiger partial charge on any atom is -0.378 e. The molecule has 0 aliphatic rings. The van der Waals surface area contributed by atoms with Crippen LogP contribution in [0.2, 0.25) is 0 Å². The van der Waals surface area contributed by atoms with E-state index in [1.807, 2.05) is 0 Å². The second-order valence-electron chi connectivity index (χ2n) is 4.24. The average molecular weight is 278 g/mol. The van der Waals surface area contributed by atoms with Gasteiger partial charge in [-0.05, 0) is 11.1 Å². The number of rotatable bonds is 4. The lowest BCUT2D eigenvalue weighted by Crippen LogP contribution is -2.07. The molecular weight excluding hydrogens is 263 g/mol. The van der Waals surface area contributed by atoms with Gasteiger partial charge in [-0.3, -0.25) is 4.57 Å². The number of aliphatic hydroxyl groups is 2. The lowest BCUT2D eigenvalue weighted by Gasteiger charge is -2.23. The summed E-state index contributed by atoms with van der Waals surface area (Å²) in [5.41, 5.74) is 0.617. The molecule has 2 atom stereocenters. The molecule has 5 heteroatoms. The second kappa shape index (κ2) is 5.68. The lowest BCUT2D eigenvalue weighted by molar-refractivity contribution is 0.186. The van der Waals surface area contributed by atoms with E-state index in [2.05, 4.69) is 0 Å². The number of benzene rings is 2. The summed E-state index contributed by atoms with van der Waals surface area (Å²) < 4.78 is 12.3. The lowest BCUT2D eigenvalue weighted by atomic mass is 10.2. The van der Waals surface area contributed by atoms with Crippen LogP contribution < -0.4 is 0 Å². The maximum atomic E-state index is 12.3. The molecule has 0 saturated carbocycles. The van der Waals surface area contributed by atoms with Crippen molar-refractivity contribution >= 4 is 7.37 Å². The van der Waals surface area contributed by atoms with Crippen LogP contribution in [0, 0.1) is 0 Å². The molecule has 0 aromatic heterocycles. The molecule has 0 fully saturated rings. The number of hydrogen-bond acceptors (Lipinski definition) is 3. The minimum atomic E-state index is -4.21. The summed E-state index contributed by atoms with van der Waals surface area (Å²) in [6, 6.07) is 16.3. The fourth-order valence-electron chi connectivity index (χ4n) is 1.81. The maximum absolute atomic E-state index is 12.3. The molecule has 2 aromatic carbocycles. The van der Waals surface area contributed by atoms with Crippen molar-refractivity contribution in [3.05, 3.63) is 71.8 Å². The van der Waals surface area contributed by atoms with Crippen molar-refractivity contribution in [3.8, 4) is 0 Å². The molecule has 0 saturated heterocycles. The summed E-state index contributed by atoms with van der Waals surface area (Å²) in [5, 5.41) is 20.0. The zero-order chi connectivity index (χ0) is 13.9. The standard InChI is InChI=1S/C14H15O4P/c15-13(11-7-3-1-4-8-11)19(17,18)14(16)12-9-5-2-6-10-12/h1-10,13-16H,(H,17,18). The first kappa shape index (κ1) is 14.0. The Morgan fingerprint density at radius 1 is 0.737 bits per heavy atom. The normalized spacial score (nSPS) is 17.4. The van der Waals surface area contributed by atoms with E-state index < -0.39 is 19.1 Å². The highest BCUT2D eigenvalue weighted by Gasteiger charge is 2.38. The van der Waals surface area contributed by atoms with Crippen LogP contribution in [0.1, 0.15) is 22.8 Å². The van der Waals surface area contributed by atoms with Gasteiger partial charge in [0.2, 0.25) is 0 Å². The van der Waals surface area contributed by atoms with Crippen LogP contribution in [0.15, 0.2) is 60.7 Å². The summed E-state index contributed by atoms with van der Waals surface area (Å²) in [5.74, 6) is -3.21. The molecule has 0 heterocycles. The Morgan fingerprint density at radius 3 is 1.37 bits per heavy atom. The molecule has 4 nitrogen and oxygen atoms in total. The summed E-state index contributed by atoms with van der Waals surface area (Å²) in [6.07, 6.45) is 0. The monoisotopic (exact) mass is 278 g/mol. The van der Waals surface area contributed by atoms with E-state index in [1.54, 1.807) is 60.7 Å². The van der Waals surface area contributed by atoms with Gasteiger partial charge in [0.1, 0.15) is 0 Å². The third-order valence-electron chi connectivity index (χ3n) is 2.90. The first-order valence-corrected chi connectivity index (χ1v) is 7.61. The molecular formula is C14H15O4P. The molecule has 0 aliphatic heterocycles. The molecule has 0 bridgehead atoms. The zero-order valence-corrected chi connectivity index (χ0v) is 11.0. The van der Waals surface area contributed by atoms with E-state index in [9.17, 15) is 19.7 Å². The Labute approximate surface area is 111 Å². The van der Waals surface area contributed by atoms with E-state index in [1.165, 1.54) is 0 Å². The van der Waals surface area contributed by atoms with Crippen molar-refractivity contribution in [2.75, 3.05) is 0 Å². The number of hydrogen-bond donors (Lipinski definition) is 3. The molecule has 0 amide bonds. The molecule has 19 heavy (non-hydrogen) atoms. The van der Waals surface area contributed by atoms with E-state index >= 15 is 0 Å². The zero-order valence-electron chi connectivity index (χ0n) is 10.1. The summed E-state index contributed by atoms with van der Waals surface area (Å²) in [7, 11) is -4.21. The number of aliphatic hydroxyl groups excluding tert-OH is 2. The van der Waals surface area contributed by atoms with Gasteiger partial charge in [-0.1, -0.05) is 60.7 Å². The Morgan fingerprint density at radius 2 is 1.05 bits per heavy atom. The minimum absolute atomic E-state index is 0.309. The van der Waals surface area contributed by atoms with Gasteiger partial charge in [0, 0.05) is 0 Å². The highest BCUT2D eigenvalue weighted by molar-refractivity contribution is 7.58. The van der Waals surface area contributed by atoms with Crippen molar-refractivity contribution in [1.29, 1.82) is 0 Å².